The van der Waals surface area contributed by atoms with Crippen LogP contribution in [0.25, 0.3) is 0 Å². The maximum atomic E-state index is 13.0. The van der Waals surface area contributed by atoms with Gasteiger partial charge in [0, 0.05) is 11.6 Å². The molecule has 0 spiro atoms. The van der Waals surface area contributed by atoms with Gasteiger partial charge in [0.25, 0.3) is 0 Å². The maximum absolute atomic E-state index is 13.0. The Kier molecular flexibility index (Phi) is 2.34. The minimum atomic E-state index is -1.82. The van der Waals surface area contributed by atoms with Crippen molar-refractivity contribution < 1.29 is 9.60 Å². The fourth-order valence-electron chi connectivity index (χ4n) is 0.920. The molecule has 1 aromatic carbocycles. The monoisotopic (exact) mass is 181 g/mol. The molecule has 1 N–H and O–H groups in total. The van der Waals surface area contributed by atoms with Crippen LogP contribution in [0.5, 0.6) is 0 Å². The summed E-state index contributed by atoms with van der Waals surface area (Å²) in [5, 5.41) is 19.9. The van der Waals surface area contributed by atoms with Crippen molar-refractivity contribution in [3.8, 4) is 12.3 Å². The fourth-order valence-corrected chi connectivity index (χ4v) is 0.920. The van der Waals surface area contributed by atoms with Gasteiger partial charge in [-0.1, -0.05) is 5.92 Å². The zero-order valence-corrected chi connectivity index (χ0v) is 6.99. The van der Waals surface area contributed by atoms with Crippen LogP contribution in [-0.4, -0.2) is 12.3 Å². The van der Waals surface area contributed by atoms with Gasteiger partial charge >= 0.3 is 0 Å². The first-order chi connectivity index (χ1) is 5.95. The van der Waals surface area contributed by atoms with Gasteiger partial charge in [0.2, 0.25) is 5.69 Å². The van der Waals surface area contributed by atoms with Gasteiger partial charge in [-0.3, -0.25) is 0 Å². The summed E-state index contributed by atoms with van der Waals surface area (Å²) in [6.07, 6.45) is 5.05. The van der Waals surface area contributed by atoms with Crippen molar-refractivity contribution in [3.05, 3.63) is 34.8 Å². The molecule has 0 aliphatic rings. The topological polar surface area (TPSA) is 43.3 Å². The Hall–Kier alpha value is -1.41. The van der Waals surface area contributed by atoms with Crippen molar-refractivity contribution in [2.24, 2.45) is 0 Å². The summed E-state index contributed by atoms with van der Waals surface area (Å²) in [7, 11) is 0.901. The highest BCUT2D eigenvalue weighted by Gasteiger charge is 2.17. The molecule has 0 amide bonds. The smallest absolute Gasteiger partial charge is 0.202 e. The van der Waals surface area contributed by atoms with Gasteiger partial charge in [0.1, 0.15) is 7.05 Å². The van der Waals surface area contributed by atoms with Gasteiger partial charge in [-0.2, -0.15) is 4.81 Å². The average Bonchev–Trinajstić information content (AvgIpc) is 2.03. The van der Waals surface area contributed by atoms with Crippen molar-refractivity contribution in [1.82, 2.24) is 4.81 Å². The van der Waals surface area contributed by atoms with Crippen molar-refractivity contribution in [1.29, 1.82) is 0 Å². The van der Waals surface area contributed by atoms with Crippen LogP contribution >= 0.6 is 0 Å². The van der Waals surface area contributed by atoms with Crippen LogP contribution in [0.15, 0.2) is 18.2 Å². The van der Waals surface area contributed by atoms with Crippen LogP contribution in [0.2, 0.25) is 0 Å². The third kappa shape index (κ3) is 2.04. The summed E-state index contributed by atoms with van der Waals surface area (Å²) in [6, 6.07) is 3.55. The SMILES string of the molecule is C#Cc1ccc(F)c([N+](C)([O-])O)c1. The van der Waals surface area contributed by atoms with E-state index in [2.05, 4.69) is 5.92 Å². The van der Waals surface area contributed by atoms with Crippen LogP contribution in [0.1, 0.15) is 5.56 Å². The van der Waals surface area contributed by atoms with E-state index in [0.717, 1.165) is 19.2 Å². The van der Waals surface area contributed by atoms with Gasteiger partial charge < -0.3 is 5.21 Å². The average molecular weight is 181 g/mol. The molecule has 1 rings (SSSR count). The molecule has 0 aliphatic heterocycles. The molecule has 0 bridgehead atoms. The Morgan fingerprint density at radius 1 is 1.62 bits per heavy atom. The van der Waals surface area contributed by atoms with E-state index in [1.807, 2.05) is 0 Å². The quantitative estimate of drug-likeness (QED) is 0.406. The van der Waals surface area contributed by atoms with Crippen molar-refractivity contribution in [2.45, 2.75) is 0 Å². The van der Waals surface area contributed by atoms with Crippen LogP contribution in [0.4, 0.5) is 10.1 Å². The van der Waals surface area contributed by atoms with E-state index in [0.29, 0.717) is 5.56 Å². The third-order valence-corrected chi connectivity index (χ3v) is 1.56. The number of hydroxylamine groups is 2. The second kappa shape index (κ2) is 3.15. The molecule has 1 aromatic rings. The summed E-state index contributed by atoms with van der Waals surface area (Å²) in [5.41, 5.74) is -0.0406. The summed E-state index contributed by atoms with van der Waals surface area (Å²) >= 11 is 0. The highest BCUT2D eigenvalue weighted by Crippen LogP contribution is 2.22. The largest absolute Gasteiger partial charge is 0.593 e. The van der Waals surface area contributed by atoms with E-state index in [9.17, 15) is 9.60 Å². The summed E-state index contributed by atoms with van der Waals surface area (Å²) in [6.45, 7) is 0. The highest BCUT2D eigenvalue weighted by molar-refractivity contribution is 5.49. The number of terminal acetylenes is 1. The molecule has 0 radical (unpaired) electrons. The highest BCUT2D eigenvalue weighted by atomic mass is 19.1. The van der Waals surface area contributed by atoms with Crippen LogP contribution in [0.3, 0.4) is 0 Å². The Morgan fingerprint density at radius 2 is 2.23 bits per heavy atom. The number of quaternary nitrogens is 1. The molecule has 0 saturated carbocycles. The number of hydrogen-bond acceptors (Lipinski definition) is 2. The van der Waals surface area contributed by atoms with E-state index in [-0.39, 0.29) is 0 Å². The normalized spacial score (nSPS) is 14.7. The van der Waals surface area contributed by atoms with Gasteiger partial charge in [0.05, 0.1) is 0 Å². The second-order valence-electron chi connectivity index (χ2n) is 2.69. The Balaban J connectivity index is 3.29. The predicted octanol–water partition coefficient (Wildman–Crippen LogP) is 1.63. The molecule has 1 atom stereocenters. The van der Waals surface area contributed by atoms with Crippen molar-refractivity contribution in [3.63, 3.8) is 0 Å². The molecule has 1 unspecified atom stereocenters. The van der Waals surface area contributed by atoms with E-state index in [1.165, 1.54) is 6.07 Å². The first-order valence-corrected chi connectivity index (χ1v) is 3.52. The van der Waals surface area contributed by atoms with Crippen LogP contribution in [0, 0.1) is 23.4 Å². The zero-order chi connectivity index (χ0) is 10.1. The molecular formula is C9H8FNO2. The number of benzene rings is 1. The summed E-state index contributed by atoms with van der Waals surface area (Å²) in [5.74, 6) is 1.46. The first-order valence-electron chi connectivity index (χ1n) is 3.52. The number of hydrogen-bond donors (Lipinski definition) is 1. The van der Waals surface area contributed by atoms with Crippen LogP contribution < -0.4 is 4.81 Å². The molecular weight excluding hydrogens is 173 g/mol. The molecule has 0 fully saturated rings. The fraction of sp³-hybridized carbons (Fsp3) is 0.111. The Morgan fingerprint density at radius 3 is 2.69 bits per heavy atom. The molecule has 4 heteroatoms. The Bertz CT molecular complexity index is 363. The summed E-state index contributed by atoms with van der Waals surface area (Å²) < 4.78 is 13.0. The lowest BCUT2D eigenvalue weighted by molar-refractivity contribution is -0.00709. The second-order valence-corrected chi connectivity index (χ2v) is 2.69. The first kappa shape index (κ1) is 9.68. The van der Waals surface area contributed by atoms with Gasteiger partial charge in [-0.25, -0.2) is 9.60 Å². The third-order valence-electron chi connectivity index (χ3n) is 1.56. The van der Waals surface area contributed by atoms with Crippen molar-refractivity contribution >= 4 is 5.69 Å². The number of rotatable bonds is 1. The minimum absolute atomic E-state index is 0.352. The maximum Gasteiger partial charge on any atom is 0.202 e. The number of halogens is 1. The van der Waals surface area contributed by atoms with E-state index < -0.39 is 16.3 Å². The molecule has 13 heavy (non-hydrogen) atoms. The van der Waals surface area contributed by atoms with Crippen LogP contribution in [-0.2, 0) is 0 Å². The molecule has 0 heterocycles. The number of nitrogens with zero attached hydrogens (tertiary/aromatic N) is 1. The lowest BCUT2D eigenvalue weighted by Crippen LogP contribution is -2.34. The Labute approximate surface area is 75.2 Å². The lowest BCUT2D eigenvalue weighted by atomic mass is 10.2. The molecule has 0 saturated heterocycles. The lowest BCUT2D eigenvalue weighted by Gasteiger charge is -2.28. The van der Waals surface area contributed by atoms with Gasteiger partial charge in [0.15, 0.2) is 5.82 Å². The van der Waals surface area contributed by atoms with Gasteiger partial charge in [-0.15, -0.1) is 6.42 Å². The van der Waals surface area contributed by atoms with Gasteiger partial charge in [-0.05, 0) is 12.1 Å². The zero-order valence-electron chi connectivity index (χ0n) is 6.99. The van der Waals surface area contributed by atoms with Crippen molar-refractivity contribution in [2.75, 3.05) is 7.05 Å². The molecule has 0 aliphatic carbocycles. The molecule has 68 valence electrons. The standard InChI is InChI=1S/C9H8FNO2/c1-3-7-4-5-8(10)9(6-7)11(2,12)13/h1,4-6,12H,2H3. The van der Waals surface area contributed by atoms with E-state index in [4.69, 9.17) is 11.6 Å². The predicted molar refractivity (Wildman–Crippen MR) is 47.2 cm³/mol. The summed E-state index contributed by atoms with van der Waals surface area (Å²) in [4.78, 5) is -1.82. The van der Waals surface area contributed by atoms with E-state index >= 15 is 0 Å². The molecule has 0 aromatic heterocycles. The van der Waals surface area contributed by atoms with E-state index in [1.54, 1.807) is 0 Å². The minimum Gasteiger partial charge on any atom is -0.593 e. The molecule has 3 nitrogen and oxygen atoms in total.